The lowest BCUT2D eigenvalue weighted by molar-refractivity contribution is 0.0923. The first-order valence-electron chi connectivity index (χ1n) is 8.91. The highest BCUT2D eigenvalue weighted by atomic mass is 16.5. The van der Waals surface area contributed by atoms with E-state index < -0.39 is 0 Å². The highest BCUT2D eigenvalue weighted by Crippen LogP contribution is 2.31. The van der Waals surface area contributed by atoms with E-state index >= 15 is 0 Å². The van der Waals surface area contributed by atoms with Crippen molar-refractivity contribution in [2.24, 2.45) is 0 Å². The minimum atomic E-state index is -0.209. The largest absolute Gasteiger partial charge is 0.361 e. The Morgan fingerprint density at radius 3 is 2.65 bits per heavy atom. The molecule has 4 rings (SSSR count). The first-order valence-corrected chi connectivity index (χ1v) is 8.91. The Morgan fingerprint density at radius 1 is 1.19 bits per heavy atom. The molecular weight excluding hydrogens is 328 g/mol. The molecule has 1 N–H and O–H groups in total. The summed E-state index contributed by atoms with van der Waals surface area (Å²) in [4.78, 5) is 12.4. The summed E-state index contributed by atoms with van der Waals surface area (Å²) in [7, 11) is 0. The van der Waals surface area contributed by atoms with Crippen molar-refractivity contribution in [2.45, 2.75) is 46.1 Å². The molecule has 1 aromatic carbocycles. The molecule has 1 aliphatic carbocycles. The van der Waals surface area contributed by atoms with Gasteiger partial charge in [-0.05, 0) is 63.3 Å². The third kappa shape index (κ3) is 3.03. The van der Waals surface area contributed by atoms with Crippen LogP contribution >= 0.6 is 0 Å². The van der Waals surface area contributed by atoms with Crippen molar-refractivity contribution >= 4 is 5.91 Å². The lowest BCUT2D eigenvalue weighted by Crippen LogP contribution is -2.31. The van der Waals surface area contributed by atoms with Gasteiger partial charge in [-0.25, -0.2) is 4.68 Å². The maximum Gasteiger partial charge on any atom is 0.273 e. The summed E-state index contributed by atoms with van der Waals surface area (Å²) in [5.41, 5.74) is 6.07. The topological polar surface area (TPSA) is 73.0 Å². The molecule has 6 nitrogen and oxygen atoms in total. The molecular formula is C20H22N4O2. The Bertz CT molecular complexity index is 950. The normalized spacial score (nSPS) is 16.3. The summed E-state index contributed by atoms with van der Waals surface area (Å²) < 4.78 is 7.01. The molecule has 0 spiro atoms. The summed E-state index contributed by atoms with van der Waals surface area (Å²) in [6.45, 7) is 5.96. The van der Waals surface area contributed by atoms with Crippen LogP contribution in [0.4, 0.5) is 0 Å². The quantitative estimate of drug-likeness (QED) is 0.783. The molecule has 1 aliphatic rings. The van der Waals surface area contributed by atoms with Gasteiger partial charge in [0, 0.05) is 17.3 Å². The van der Waals surface area contributed by atoms with Gasteiger partial charge in [0.1, 0.15) is 5.76 Å². The number of hydrogen-bond acceptors (Lipinski definition) is 4. The number of aromatic nitrogens is 3. The van der Waals surface area contributed by atoms with Crippen LogP contribution in [0.1, 0.15) is 57.5 Å². The molecule has 0 bridgehead atoms. The maximum absolute atomic E-state index is 12.4. The number of amides is 1. The Labute approximate surface area is 152 Å². The molecule has 0 saturated carbocycles. The average Bonchev–Trinajstić information content (AvgIpc) is 3.21. The van der Waals surface area contributed by atoms with Crippen LogP contribution in [0.15, 0.2) is 35.0 Å². The van der Waals surface area contributed by atoms with Gasteiger partial charge in [0.05, 0.1) is 17.9 Å². The average molecular weight is 350 g/mol. The number of aryl methyl sites for hydroxylation is 3. The zero-order valence-corrected chi connectivity index (χ0v) is 15.2. The van der Waals surface area contributed by atoms with Crippen molar-refractivity contribution < 1.29 is 9.32 Å². The third-order valence-corrected chi connectivity index (χ3v) is 4.80. The Kier molecular flexibility index (Phi) is 4.11. The van der Waals surface area contributed by atoms with E-state index in [9.17, 15) is 4.79 Å². The number of carbonyl (C=O) groups is 1. The van der Waals surface area contributed by atoms with E-state index in [0.29, 0.717) is 11.5 Å². The molecule has 2 aromatic heterocycles. The summed E-state index contributed by atoms with van der Waals surface area (Å²) in [5, 5.41) is 11.5. The van der Waals surface area contributed by atoms with Crippen molar-refractivity contribution in [3.05, 3.63) is 64.3 Å². The van der Waals surface area contributed by atoms with Gasteiger partial charge in [-0.2, -0.15) is 5.10 Å². The van der Waals surface area contributed by atoms with Crippen LogP contribution in [0, 0.1) is 20.8 Å². The maximum atomic E-state index is 12.4. The van der Waals surface area contributed by atoms with Crippen molar-refractivity contribution in [3.63, 3.8) is 0 Å². The highest BCUT2D eigenvalue weighted by molar-refractivity contribution is 5.92. The van der Waals surface area contributed by atoms with Crippen LogP contribution in [0.25, 0.3) is 5.69 Å². The number of benzene rings is 1. The van der Waals surface area contributed by atoms with Crippen molar-refractivity contribution in [2.75, 3.05) is 0 Å². The van der Waals surface area contributed by atoms with E-state index in [2.05, 4.69) is 47.6 Å². The minimum absolute atomic E-state index is 0.0529. The van der Waals surface area contributed by atoms with E-state index in [1.165, 1.54) is 16.8 Å². The van der Waals surface area contributed by atoms with E-state index in [4.69, 9.17) is 4.52 Å². The zero-order chi connectivity index (χ0) is 18.3. The van der Waals surface area contributed by atoms with E-state index in [1.807, 2.05) is 10.9 Å². The fourth-order valence-corrected chi connectivity index (χ4v) is 3.71. The van der Waals surface area contributed by atoms with Gasteiger partial charge in [0.25, 0.3) is 5.91 Å². The lowest BCUT2D eigenvalue weighted by atomic mass is 9.92. The molecule has 0 saturated heterocycles. The van der Waals surface area contributed by atoms with E-state index in [-0.39, 0.29) is 11.9 Å². The van der Waals surface area contributed by atoms with Gasteiger partial charge in [-0.15, -0.1) is 0 Å². The molecule has 26 heavy (non-hydrogen) atoms. The van der Waals surface area contributed by atoms with Gasteiger partial charge in [0.2, 0.25) is 0 Å². The molecule has 6 heteroatoms. The molecule has 134 valence electrons. The minimum Gasteiger partial charge on any atom is -0.361 e. The van der Waals surface area contributed by atoms with Gasteiger partial charge < -0.3 is 9.84 Å². The van der Waals surface area contributed by atoms with Crippen LogP contribution in [0.3, 0.4) is 0 Å². The molecule has 0 radical (unpaired) electrons. The first-order chi connectivity index (χ1) is 12.5. The summed E-state index contributed by atoms with van der Waals surface area (Å²) in [6, 6.07) is 8.03. The van der Waals surface area contributed by atoms with Crippen molar-refractivity contribution in [3.8, 4) is 5.69 Å². The summed E-state index contributed by atoms with van der Waals surface area (Å²) in [6.07, 6.45) is 4.74. The Balaban J connectivity index is 1.63. The second-order valence-corrected chi connectivity index (χ2v) is 7.05. The predicted molar refractivity (Wildman–Crippen MR) is 97.4 cm³/mol. The fourth-order valence-electron chi connectivity index (χ4n) is 3.71. The second kappa shape index (κ2) is 6.44. The number of rotatable bonds is 3. The standard InChI is InChI=1S/C20H22N4O2/c1-12-7-13(2)9-15(8-12)24-19-6-4-5-17(16(19)11-21-24)22-20(25)18-10-14(3)26-23-18/h7-11,17H,4-6H2,1-3H3,(H,22,25). The summed E-state index contributed by atoms with van der Waals surface area (Å²) >= 11 is 0. The number of carbonyl (C=O) groups excluding carboxylic acids is 1. The van der Waals surface area contributed by atoms with Crippen LogP contribution in [0.2, 0.25) is 0 Å². The first kappa shape index (κ1) is 16.6. The van der Waals surface area contributed by atoms with Gasteiger partial charge >= 0.3 is 0 Å². The molecule has 0 fully saturated rings. The van der Waals surface area contributed by atoms with Crippen molar-refractivity contribution in [1.82, 2.24) is 20.3 Å². The molecule has 0 aliphatic heterocycles. The summed E-state index contributed by atoms with van der Waals surface area (Å²) in [5.74, 6) is 0.418. The van der Waals surface area contributed by atoms with Crippen LogP contribution in [-0.2, 0) is 6.42 Å². The number of hydrogen-bond donors (Lipinski definition) is 1. The third-order valence-electron chi connectivity index (χ3n) is 4.80. The van der Waals surface area contributed by atoms with E-state index in [1.54, 1.807) is 13.0 Å². The van der Waals surface area contributed by atoms with Crippen LogP contribution in [-0.4, -0.2) is 20.8 Å². The zero-order valence-electron chi connectivity index (χ0n) is 15.2. The second-order valence-electron chi connectivity index (χ2n) is 7.05. The molecule has 2 heterocycles. The predicted octanol–water partition coefficient (Wildman–Crippen LogP) is 3.59. The van der Waals surface area contributed by atoms with Gasteiger partial charge in [-0.3, -0.25) is 4.79 Å². The van der Waals surface area contributed by atoms with Gasteiger partial charge in [0.15, 0.2) is 5.69 Å². The smallest absolute Gasteiger partial charge is 0.273 e. The molecule has 1 amide bonds. The Hall–Kier alpha value is -2.89. The van der Waals surface area contributed by atoms with E-state index in [0.717, 1.165) is 30.5 Å². The number of fused-ring (bicyclic) bond motifs is 1. The van der Waals surface area contributed by atoms with Crippen LogP contribution in [0.5, 0.6) is 0 Å². The molecule has 3 aromatic rings. The number of nitrogens with zero attached hydrogens (tertiary/aromatic N) is 3. The Morgan fingerprint density at radius 2 is 1.96 bits per heavy atom. The molecule has 1 atom stereocenters. The molecule has 1 unspecified atom stereocenters. The van der Waals surface area contributed by atoms with Gasteiger partial charge in [-0.1, -0.05) is 11.2 Å². The monoisotopic (exact) mass is 350 g/mol. The highest BCUT2D eigenvalue weighted by Gasteiger charge is 2.27. The van der Waals surface area contributed by atoms with Crippen LogP contribution < -0.4 is 5.32 Å². The fraction of sp³-hybridized carbons (Fsp3) is 0.350. The van der Waals surface area contributed by atoms with Crippen molar-refractivity contribution in [1.29, 1.82) is 0 Å². The lowest BCUT2D eigenvalue weighted by Gasteiger charge is -2.24. The SMILES string of the molecule is Cc1cc(C)cc(-n2ncc3c2CCCC3NC(=O)c2cc(C)on2)c1. The number of nitrogens with one attached hydrogen (secondary N) is 1.